The number of hydrazone groups is 1. The highest BCUT2D eigenvalue weighted by atomic mass is 16.5. The first-order chi connectivity index (χ1) is 14.9. The third-order valence-corrected chi connectivity index (χ3v) is 4.66. The van der Waals surface area contributed by atoms with Gasteiger partial charge in [-0.2, -0.15) is 5.10 Å². The molecule has 0 unspecified atom stereocenters. The lowest BCUT2D eigenvalue weighted by atomic mass is 10.0. The highest BCUT2D eigenvalue weighted by Gasteiger charge is 2.16. The number of hydrogen-bond acceptors (Lipinski definition) is 5. The van der Waals surface area contributed by atoms with Gasteiger partial charge < -0.3 is 15.2 Å². The average molecular weight is 424 g/mol. The van der Waals surface area contributed by atoms with Gasteiger partial charge in [0.2, 0.25) is 0 Å². The maximum absolute atomic E-state index is 12.4. The van der Waals surface area contributed by atoms with Crippen molar-refractivity contribution < 1.29 is 19.4 Å². The summed E-state index contributed by atoms with van der Waals surface area (Å²) in [6.07, 6.45) is 4.96. The Hall–Kier alpha value is -3.61. The molecule has 7 heteroatoms. The molecule has 0 fully saturated rings. The first-order valence-electron chi connectivity index (χ1n) is 10.3. The highest BCUT2D eigenvalue weighted by Crippen LogP contribution is 2.32. The van der Waals surface area contributed by atoms with Crippen LogP contribution in [0.1, 0.15) is 43.0 Å². The summed E-state index contributed by atoms with van der Waals surface area (Å²) in [5.41, 5.74) is 6.06. The number of carbonyl (C=O) groups is 2. The third-order valence-electron chi connectivity index (χ3n) is 4.66. The molecule has 0 aromatic heterocycles. The summed E-state index contributed by atoms with van der Waals surface area (Å²) >= 11 is 0. The van der Waals surface area contributed by atoms with E-state index in [0.29, 0.717) is 35.6 Å². The molecule has 0 aliphatic heterocycles. The Balaban J connectivity index is 2.12. The topological polar surface area (TPSA) is 100 Å². The minimum Gasteiger partial charge on any atom is -0.504 e. The van der Waals surface area contributed by atoms with E-state index in [1.807, 2.05) is 39.0 Å². The van der Waals surface area contributed by atoms with Gasteiger partial charge in [-0.05, 0) is 55.0 Å². The number of rotatable bonds is 9. The summed E-state index contributed by atoms with van der Waals surface area (Å²) in [5, 5.41) is 16.8. The predicted octanol–water partition coefficient (Wildman–Crippen LogP) is 3.73. The van der Waals surface area contributed by atoms with Gasteiger partial charge in [0.1, 0.15) is 0 Å². The first kappa shape index (κ1) is 23.7. The smallest absolute Gasteiger partial charge is 0.329 e. The van der Waals surface area contributed by atoms with Crippen molar-refractivity contribution in [3.63, 3.8) is 0 Å². The van der Waals surface area contributed by atoms with Gasteiger partial charge in [-0.15, -0.1) is 6.58 Å². The predicted molar refractivity (Wildman–Crippen MR) is 123 cm³/mol. The van der Waals surface area contributed by atoms with Crippen LogP contribution >= 0.6 is 0 Å². The van der Waals surface area contributed by atoms with Crippen LogP contribution in [-0.4, -0.2) is 29.7 Å². The molecule has 0 spiro atoms. The number of nitrogens with one attached hydrogen (secondary N) is 2. The van der Waals surface area contributed by atoms with Crippen LogP contribution in [0.4, 0.5) is 5.69 Å². The fourth-order valence-corrected chi connectivity index (χ4v) is 3.13. The molecule has 0 atom stereocenters. The Morgan fingerprint density at radius 2 is 1.77 bits per heavy atom. The number of anilines is 1. The van der Waals surface area contributed by atoms with E-state index in [0.717, 1.165) is 24.0 Å². The summed E-state index contributed by atoms with van der Waals surface area (Å²) in [4.78, 5) is 24.6. The molecule has 31 heavy (non-hydrogen) atoms. The second-order valence-corrected chi connectivity index (χ2v) is 6.76. The van der Waals surface area contributed by atoms with Gasteiger partial charge in [-0.25, -0.2) is 5.43 Å². The Morgan fingerprint density at radius 3 is 2.35 bits per heavy atom. The van der Waals surface area contributed by atoms with Gasteiger partial charge in [0.15, 0.2) is 11.5 Å². The quantitative estimate of drug-likeness (QED) is 0.248. The molecule has 0 aliphatic carbocycles. The van der Waals surface area contributed by atoms with Crippen molar-refractivity contribution in [1.82, 2.24) is 5.43 Å². The Morgan fingerprint density at radius 1 is 1.10 bits per heavy atom. The van der Waals surface area contributed by atoms with Crippen molar-refractivity contribution in [2.45, 2.75) is 40.0 Å². The fraction of sp³-hybridized carbons (Fsp3) is 0.292. The number of nitrogens with zero attached hydrogens (tertiary/aromatic N) is 1. The van der Waals surface area contributed by atoms with Gasteiger partial charge in [-0.1, -0.05) is 38.1 Å². The van der Waals surface area contributed by atoms with Crippen LogP contribution in [0.5, 0.6) is 11.5 Å². The van der Waals surface area contributed by atoms with E-state index in [4.69, 9.17) is 4.74 Å². The van der Waals surface area contributed by atoms with Gasteiger partial charge in [0.25, 0.3) is 0 Å². The number of benzene rings is 2. The molecule has 164 valence electrons. The number of aryl methyl sites for hydroxylation is 2. The third kappa shape index (κ3) is 6.18. The zero-order valence-electron chi connectivity index (χ0n) is 18.2. The average Bonchev–Trinajstić information content (AvgIpc) is 2.77. The second-order valence-electron chi connectivity index (χ2n) is 6.76. The number of carbonyl (C=O) groups excluding carboxylic acids is 2. The van der Waals surface area contributed by atoms with Crippen molar-refractivity contribution in [2.75, 3.05) is 11.9 Å². The number of phenolic OH excluding ortho intramolecular Hbond substituents is 1. The van der Waals surface area contributed by atoms with Crippen LogP contribution in [0, 0.1) is 0 Å². The maximum atomic E-state index is 12.4. The van der Waals surface area contributed by atoms with E-state index in [1.54, 1.807) is 18.2 Å². The van der Waals surface area contributed by atoms with Crippen LogP contribution in [-0.2, 0) is 28.9 Å². The van der Waals surface area contributed by atoms with Crippen LogP contribution in [0.3, 0.4) is 0 Å². The normalized spacial score (nSPS) is 10.7. The van der Waals surface area contributed by atoms with E-state index in [9.17, 15) is 14.7 Å². The lowest BCUT2D eigenvalue weighted by Gasteiger charge is -2.13. The van der Waals surface area contributed by atoms with Crippen molar-refractivity contribution >= 4 is 23.7 Å². The van der Waals surface area contributed by atoms with Gasteiger partial charge in [-0.3, -0.25) is 9.59 Å². The lowest BCUT2D eigenvalue weighted by Crippen LogP contribution is -2.33. The summed E-state index contributed by atoms with van der Waals surface area (Å²) in [6.45, 7) is 9.86. The van der Waals surface area contributed by atoms with Crippen LogP contribution < -0.4 is 15.5 Å². The molecule has 2 aromatic carbocycles. The number of aromatic hydroxyl groups is 1. The molecule has 0 heterocycles. The van der Waals surface area contributed by atoms with E-state index in [2.05, 4.69) is 22.4 Å². The van der Waals surface area contributed by atoms with Crippen LogP contribution in [0.25, 0.3) is 0 Å². The minimum atomic E-state index is -0.876. The molecule has 7 nitrogen and oxygen atoms in total. The van der Waals surface area contributed by atoms with E-state index >= 15 is 0 Å². The molecule has 0 saturated carbocycles. The van der Waals surface area contributed by atoms with Crippen molar-refractivity contribution in [3.05, 3.63) is 65.2 Å². The summed E-state index contributed by atoms with van der Waals surface area (Å²) in [5.74, 6) is -1.31. The summed E-state index contributed by atoms with van der Waals surface area (Å²) < 4.78 is 5.44. The second kappa shape index (κ2) is 11.5. The molecule has 2 amide bonds. The fourth-order valence-electron chi connectivity index (χ4n) is 3.13. The van der Waals surface area contributed by atoms with Crippen molar-refractivity contribution in [1.29, 1.82) is 0 Å². The van der Waals surface area contributed by atoms with Gasteiger partial charge in [0.05, 0.1) is 12.8 Å². The lowest BCUT2D eigenvalue weighted by molar-refractivity contribution is -0.136. The molecule has 2 aromatic rings. The molecule has 2 rings (SSSR count). The summed E-state index contributed by atoms with van der Waals surface area (Å²) in [6, 6.07) is 9.10. The molecule has 0 radical (unpaired) electrons. The van der Waals surface area contributed by atoms with Gasteiger partial charge in [0, 0.05) is 11.3 Å². The molecule has 0 saturated heterocycles. The van der Waals surface area contributed by atoms with E-state index in [-0.39, 0.29) is 5.75 Å². The SMILES string of the molecule is C=CCc1cc(/C=N/NC(=O)C(=O)Nc2c(CC)cccc2CC)cc(OCC)c1O. The van der Waals surface area contributed by atoms with Crippen molar-refractivity contribution in [2.24, 2.45) is 5.10 Å². The van der Waals surface area contributed by atoms with E-state index < -0.39 is 11.8 Å². The van der Waals surface area contributed by atoms with E-state index in [1.165, 1.54) is 6.21 Å². The van der Waals surface area contributed by atoms with Crippen molar-refractivity contribution in [3.8, 4) is 11.5 Å². The largest absolute Gasteiger partial charge is 0.504 e. The molecule has 0 bridgehead atoms. The summed E-state index contributed by atoms with van der Waals surface area (Å²) in [7, 11) is 0. The number of hydrogen-bond donors (Lipinski definition) is 3. The zero-order chi connectivity index (χ0) is 22.8. The Kier molecular flexibility index (Phi) is 8.81. The standard InChI is InChI=1S/C24H29N3O4/c1-5-10-19-13-16(14-20(22(19)28)31-8-4)15-25-27-24(30)23(29)26-21-17(6-2)11-9-12-18(21)7-3/h5,9,11-15,28H,1,6-8,10H2,2-4H3,(H,26,29)(H,27,30)/b25-15+. The number of ether oxygens (including phenoxy) is 1. The monoisotopic (exact) mass is 423 g/mol. The molecular formula is C24H29N3O4. The van der Waals surface area contributed by atoms with Gasteiger partial charge >= 0.3 is 11.8 Å². The number of amides is 2. The highest BCUT2D eigenvalue weighted by molar-refractivity contribution is 6.39. The van der Waals surface area contributed by atoms with Crippen LogP contribution in [0.2, 0.25) is 0 Å². The first-order valence-corrected chi connectivity index (χ1v) is 10.3. The maximum Gasteiger partial charge on any atom is 0.329 e. The number of phenols is 1. The number of allylic oxidation sites excluding steroid dienone is 1. The minimum absolute atomic E-state index is 0.0450. The Labute approximate surface area is 182 Å². The zero-order valence-corrected chi connectivity index (χ0v) is 18.2. The number of para-hydroxylation sites is 1. The van der Waals surface area contributed by atoms with Crippen LogP contribution in [0.15, 0.2) is 48.1 Å². The molecular weight excluding hydrogens is 394 g/mol. The Bertz CT molecular complexity index is 961. The molecule has 0 aliphatic rings. The molecule has 3 N–H and O–H groups in total.